The van der Waals surface area contributed by atoms with Gasteiger partial charge in [-0.2, -0.15) is 5.10 Å². The zero-order valence-electron chi connectivity index (χ0n) is 11.9. The Labute approximate surface area is 133 Å². The summed E-state index contributed by atoms with van der Waals surface area (Å²) in [5, 5.41) is 14.1. The number of amides is 1. The van der Waals surface area contributed by atoms with E-state index in [1.807, 2.05) is 0 Å². The molecule has 0 aromatic heterocycles. The number of ether oxygens (including phenoxy) is 1. The molecular formula is C16H15ClN2O3. The molecule has 6 heteroatoms. The Morgan fingerprint density at radius 3 is 2.68 bits per heavy atom. The van der Waals surface area contributed by atoms with Crippen molar-refractivity contribution in [1.82, 2.24) is 5.43 Å². The monoisotopic (exact) mass is 318 g/mol. The number of carbonyl (C=O) groups is 1. The number of benzene rings is 2. The zero-order chi connectivity index (χ0) is 15.9. The number of phenolic OH excluding ortho intramolecular Hbond substituents is 1. The zero-order valence-corrected chi connectivity index (χ0v) is 12.7. The van der Waals surface area contributed by atoms with E-state index in [1.165, 1.54) is 19.4 Å². The Hall–Kier alpha value is -2.53. The highest BCUT2D eigenvalue weighted by molar-refractivity contribution is 6.30. The SMILES string of the molecule is COc1ccc(C=NNC(=O)Cc2ccc(Cl)cc2)cc1O. The number of hydrogen-bond acceptors (Lipinski definition) is 4. The van der Waals surface area contributed by atoms with Gasteiger partial charge >= 0.3 is 0 Å². The van der Waals surface area contributed by atoms with Crippen LogP contribution < -0.4 is 10.2 Å². The number of nitrogens with one attached hydrogen (secondary N) is 1. The predicted octanol–water partition coefficient (Wildman–Crippen LogP) is 2.75. The molecule has 0 atom stereocenters. The van der Waals surface area contributed by atoms with E-state index in [9.17, 15) is 9.90 Å². The number of rotatable bonds is 5. The minimum atomic E-state index is -0.240. The number of phenols is 1. The molecule has 0 fully saturated rings. The van der Waals surface area contributed by atoms with Gasteiger partial charge in [-0.25, -0.2) is 5.43 Å². The van der Waals surface area contributed by atoms with Gasteiger partial charge in [0.15, 0.2) is 11.5 Å². The molecule has 22 heavy (non-hydrogen) atoms. The fraction of sp³-hybridized carbons (Fsp3) is 0.125. The van der Waals surface area contributed by atoms with Gasteiger partial charge in [0.2, 0.25) is 5.91 Å². The summed E-state index contributed by atoms with van der Waals surface area (Å²) < 4.78 is 4.94. The highest BCUT2D eigenvalue weighted by Gasteiger charge is 2.03. The second-order valence-corrected chi connectivity index (χ2v) is 4.96. The Kier molecular flexibility index (Phi) is 5.38. The minimum Gasteiger partial charge on any atom is -0.504 e. The van der Waals surface area contributed by atoms with Crippen LogP contribution in [0.3, 0.4) is 0 Å². The average Bonchev–Trinajstić information content (AvgIpc) is 2.50. The molecule has 0 saturated carbocycles. The summed E-state index contributed by atoms with van der Waals surface area (Å²) in [4.78, 5) is 11.7. The number of hydrazone groups is 1. The van der Waals surface area contributed by atoms with Crippen molar-refractivity contribution in [2.45, 2.75) is 6.42 Å². The number of carbonyl (C=O) groups excluding carboxylic acids is 1. The third-order valence-electron chi connectivity index (χ3n) is 2.88. The van der Waals surface area contributed by atoms with Crippen molar-refractivity contribution in [2.75, 3.05) is 7.11 Å². The highest BCUT2D eigenvalue weighted by atomic mass is 35.5. The van der Waals surface area contributed by atoms with Crippen LogP contribution in [0.1, 0.15) is 11.1 Å². The van der Waals surface area contributed by atoms with Crippen molar-refractivity contribution in [3.63, 3.8) is 0 Å². The van der Waals surface area contributed by atoms with Gasteiger partial charge in [0, 0.05) is 5.02 Å². The Morgan fingerprint density at radius 1 is 1.32 bits per heavy atom. The fourth-order valence-electron chi connectivity index (χ4n) is 1.79. The van der Waals surface area contributed by atoms with Crippen molar-refractivity contribution in [3.8, 4) is 11.5 Å². The van der Waals surface area contributed by atoms with Crippen LogP contribution in [0.2, 0.25) is 5.02 Å². The maximum Gasteiger partial charge on any atom is 0.244 e. The molecule has 1 amide bonds. The molecule has 0 spiro atoms. The first-order valence-electron chi connectivity index (χ1n) is 6.52. The van der Waals surface area contributed by atoms with Gasteiger partial charge in [-0.05, 0) is 41.5 Å². The normalized spacial score (nSPS) is 10.6. The summed E-state index contributed by atoms with van der Waals surface area (Å²) in [6, 6.07) is 11.9. The van der Waals surface area contributed by atoms with Gasteiger partial charge in [-0.3, -0.25) is 4.79 Å². The van der Waals surface area contributed by atoms with Crippen molar-refractivity contribution in [3.05, 3.63) is 58.6 Å². The summed E-state index contributed by atoms with van der Waals surface area (Å²) in [5.41, 5.74) is 3.92. The van der Waals surface area contributed by atoms with E-state index in [-0.39, 0.29) is 18.1 Å². The lowest BCUT2D eigenvalue weighted by Gasteiger charge is -2.03. The Morgan fingerprint density at radius 2 is 2.05 bits per heavy atom. The smallest absolute Gasteiger partial charge is 0.244 e. The summed E-state index contributed by atoms with van der Waals surface area (Å²) in [6.07, 6.45) is 1.65. The average molecular weight is 319 g/mol. The summed E-state index contributed by atoms with van der Waals surface area (Å²) >= 11 is 5.78. The van der Waals surface area contributed by atoms with Crippen LogP contribution in [0.15, 0.2) is 47.6 Å². The summed E-state index contributed by atoms with van der Waals surface area (Å²) in [5.74, 6) is 0.152. The van der Waals surface area contributed by atoms with Gasteiger partial charge in [0.05, 0.1) is 19.7 Å². The van der Waals surface area contributed by atoms with Crippen LogP contribution in [0.5, 0.6) is 11.5 Å². The van der Waals surface area contributed by atoms with Crippen molar-refractivity contribution < 1.29 is 14.6 Å². The molecular weight excluding hydrogens is 304 g/mol. The number of nitrogens with zero attached hydrogens (tertiary/aromatic N) is 1. The van der Waals surface area contributed by atoms with E-state index >= 15 is 0 Å². The van der Waals surface area contributed by atoms with Gasteiger partial charge in [0.1, 0.15) is 0 Å². The van der Waals surface area contributed by atoms with E-state index in [0.717, 1.165) is 5.56 Å². The predicted molar refractivity (Wildman–Crippen MR) is 85.6 cm³/mol. The molecule has 2 rings (SSSR count). The molecule has 0 saturated heterocycles. The van der Waals surface area contributed by atoms with E-state index in [0.29, 0.717) is 16.3 Å². The van der Waals surface area contributed by atoms with E-state index in [2.05, 4.69) is 10.5 Å². The molecule has 0 unspecified atom stereocenters. The fourth-order valence-corrected chi connectivity index (χ4v) is 1.92. The molecule has 2 aromatic carbocycles. The van der Waals surface area contributed by atoms with E-state index in [4.69, 9.17) is 16.3 Å². The van der Waals surface area contributed by atoms with Gasteiger partial charge < -0.3 is 9.84 Å². The number of aromatic hydroxyl groups is 1. The lowest BCUT2D eigenvalue weighted by molar-refractivity contribution is -0.120. The second kappa shape index (κ2) is 7.47. The molecule has 2 N–H and O–H groups in total. The number of methoxy groups -OCH3 is 1. The van der Waals surface area contributed by atoms with Crippen LogP contribution in [-0.4, -0.2) is 24.3 Å². The molecule has 0 aliphatic heterocycles. The molecule has 0 bridgehead atoms. The van der Waals surface area contributed by atoms with Gasteiger partial charge in [-0.15, -0.1) is 0 Å². The third kappa shape index (κ3) is 4.49. The Balaban J connectivity index is 1.90. The summed E-state index contributed by atoms with van der Waals surface area (Å²) in [6.45, 7) is 0. The van der Waals surface area contributed by atoms with E-state index in [1.54, 1.807) is 36.4 Å². The van der Waals surface area contributed by atoms with Gasteiger partial charge in [0.25, 0.3) is 0 Å². The van der Waals surface area contributed by atoms with E-state index < -0.39 is 0 Å². The van der Waals surface area contributed by atoms with Crippen LogP contribution in [0, 0.1) is 0 Å². The van der Waals surface area contributed by atoms with Gasteiger partial charge in [-0.1, -0.05) is 23.7 Å². The molecule has 114 valence electrons. The molecule has 0 aliphatic carbocycles. The maximum absolute atomic E-state index is 11.7. The first-order chi connectivity index (χ1) is 10.6. The molecule has 0 heterocycles. The number of halogens is 1. The lowest BCUT2D eigenvalue weighted by Crippen LogP contribution is -2.19. The van der Waals surface area contributed by atoms with Crippen LogP contribution >= 0.6 is 11.6 Å². The van der Waals surface area contributed by atoms with Crippen LogP contribution in [0.25, 0.3) is 0 Å². The second-order valence-electron chi connectivity index (χ2n) is 4.53. The van der Waals surface area contributed by atoms with Crippen molar-refractivity contribution >= 4 is 23.7 Å². The third-order valence-corrected chi connectivity index (χ3v) is 3.14. The van der Waals surface area contributed by atoms with Crippen LogP contribution in [0.4, 0.5) is 0 Å². The minimum absolute atomic E-state index is 0.0129. The highest BCUT2D eigenvalue weighted by Crippen LogP contribution is 2.25. The molecule has 0 aliphatic rings. The standard InChI is InChI=1S/C16H15ClN2O3/c1-22-15-7-4-12(8-14(15)20)10-18-19-16(21)9-11-2-5-13(17)6-3-11/h2-8,10,20H,9H2,1H3,(H,19,21). The van der Waals surface area contributed by atoms with Crippen molar-refractivity contribution in [1.29, 1.82) is 0 Å². The van der Waals surface area contributed by atoms with Crippen LogP contribution in [-0.2, 0) is 11.2 Å². The maximum atomic E-state index is 11.7. The first kappa shape index (κ1) is 15.9. The number of hydrogen-bond donors (Lipinski definition) is 2. The quantitative estimate of drug-likeness (QED) is 0.658. The topological polar surface area (TPSA) is 70.9 Å². The molecule has 0 radical (unpaired) electrons. The Bertz CT molecular complexity index is 684. The first-order valence-corrected chi connectivity index (χ1v) is 6.89. The van der Waals surface area contributed by atoms with Crippen molar-refractivity contribution in [2.24, 2.45) is 5.10 Å². The summed E-state index contributed by atoms with van der Waals surface area (Å²) in [7, 11) is 1.47. The molecule has 5 nitrogen and oxygen atoms in total. The largest absolute Gasteiger partial charge is 0.504 e. The lowest BCUT2D eigenvalue weighted by atomic mass is 10.1. The molecule has 2 aromatic rings.